The van der Waals surface area contributed by atoms with Crippen LogP contribution in [0, 0.1) is 0 Å². The molecule has 1 aliphatic rings. The fourth-order valence-electron chi connectivity index (χ4n) is 3.20. The number of amides is 1. The number of rotatable bonds is 5. The Morgan fingerprint density at radius 1 is 1.08 bits per heavy atom. The van der Waals surface area contributed by atoms with Crippen LogP contribution in [-0.2, 0) is 22.5 Å². The van der Waals surface area contributed by atoms with Gasteiger partial charge in [-0.1, -0.05) is 24.3 Å². The van der Waals surface area contributed by atoms with Gasteiger partial charge in [-0.3, -0.25) is 4.79 Å². The molecule has 2 aromatic carbocycles. The van der Waals surface area contributed by atoms with E-state index in [9.17, 15) is 9.59 Å². The molecule has 0 saturated carbocycles. The van der Waals surface area contributed by atoms with Crippen LogP contribution in [0.4, 0.5) is 5.69 Å². The lowest BCUT2D eigenvalue weighted by molar-refractivity contribution is -0.907. The molecule has 0 bridgehead atoms. The van der Waals surface area contributed by atoms with E-state index in [0.29, 0.717) is 17.8 Å². The molecule has 1 heterocycles. The molecule has 1 atom stereocenters. The Morgan fingerprint density at radius 2 is 1.77 bits per heavy atom. The second kappa shape index (κ2) is 8.15. The van der Waals surface area contributed by atoms with E-state index in [4.69, 9.17) is 4.74 Å². The second-order valence-corrected chi connectivity index (χ2v) is 6.95. The summed E-state index contributed by atoms with van der Waals surface area (Å²) in [6.07, 6.45) is 0.852. The molecule has 2 aromatic rings. The van der Waals surface area contributed by atoms with Gasteiger partial charge in [-0.15, -0.1) is 0 Å². The molecule has 26 heavy (non-hydrogen) atoms. The lowest BCUT2D eigenvalue weighted by Crippen LogP contribution is -3.12. The van der Waals surface area contributed by atoms with Gasteiger partial charge in [0.05, 0.1) is 18.2 Å². The van der Waals surface area contributed by atoms with Crippen LogP contribution < -0.4 is 10.2 Å². The molecule has 0 fully saturated rings. The summed E-state index contributed by atoms with van der Waals surface area (Å²) in [6, 6.07) is 15.2. The van der Waals surface area contributed by atoms with E-state index in [-0.39, 0.29) is 18.0 Å². The number of hydrogen-bond acceptors (Lipinski definition) is 3. The van der Waals surface area contributed by atoms with E-state index in [2.05, 4.69) is 23.5 Å². The quantitative estimate of drug-likeness (QED) is 0.807. The zero-order valence-electron chi connectivity index (χ0n) is 15.2. The summed E-state index contributed by atoms with van der Waals surface area (Å²) in [5, 5.41) is 2.91. The van der Waals surface area contributed by atoms with Crippen molar-refractivity contribution >= 4 is 17.6 Å². The van der Waals surface area contributed by atoms with Gasteiger partial charge in [0.15, 0.2) is 6.54 Å². The maximum absolute atomic E-state index is 12.3. The van der Waals surface area contributed by atoms with Gasteiger partial charge in [-0.2, -0.15) is 0 Å². The van der Waals surface area contributed by atoms with Crippen molar-refractivity contribution in [3.63, 3.8) is 0 Å². The third-order valence-corrected chi connectivity index (χ3v) is 4.46. The van der Waals surface area contributed by atoms with Crippen LogP contribution in [-0.4, -0.2) is 31.1 Å². The highest BCUT2D eigenvalue weighted by atomic mass is 16.5. The molecule has 136 valence electrons. The van der Waals surface area contributed by atoms with Crippen LogP contribution in [0.5, 0.6) is 0 Å². The van der Waals surface area contributed by atoms with Gasteiger partial charge in [0.2, 0.25) is 0 Å². The first-order chi connectivity index (χ1) is 12.5. The third-order valence-electron chi connectivity index (χ3n) is 4.46. The molecule has 3 rings (SSSR count). The summed E-state index contributed by atoms with van der Waals surface area (Å²) in [7, 11) is 0. The molecule has 1 amide bonds. The molecule has 0 saturated heterocycles. The summed E-state index contributed by atoms with van der Waals surface area (Å²) >= 11 is 0. The highest BCUT2D eigenvalue weighted by Gasteiger charge is 2.21. The number of carbonyl (C=O) groups excluding carboxylic acids is 2. The van der Waals surface area contributed by atoms with E-state index in [0.717, 1.165) is 19.5 Å². The van der Waals surface area contributed by atoms with E-state index in [1.54, 1.807) is 24.3 Å². The number of ether oxygens (including phenoxy) is 1. The van der Waals surface area contributed by atoms with Gasteiger partial charge >= 0.3 is 5.97 Å². The van der Waals surface area contributed by atoms with Crippen LogP contribution in [0.1, 0.15) is 35.3 Å². The largest absolute Gasteiger partial charge is 0.459 e. The van der Waals surface area contributed by atoms with Gasteiger partial charge in [0.25, 0.3) is 5.91 Å². The van der Waals surface area contributed by atoms with Gasteiger partial charge in [0.1, 0.15) is 6.54 Å². The highest BCUT2D eigenvalue weighted by Crippen LogP contribution is 2.12. The number of fused-ring (bicyclic) bond motifs is 1. The van der Waals surface area contributed by atoms with Crippen molar-refractivity contribution in [3.05, 3.63) is 65.2 Å². The fourth-order valence-corrected chi connectivity index (χ4v) is 3.20. The molecule has 1 aliphatic heterocycles. The second-order valence-electron chi connectivity index (χ2n) is 6.95. The van der Waals surface area contributed by atoms with E-state index < -0.39 is 0 Å². The number of hydrogen-bond donors (Lipinski definition) is 2. The summed E-state index contributed by atoms with van der Waals surface area (Å²) in [6.45, 7) is 5.90. The van der Waals surface area contributed by atoms with Crippen molar-refractivity contribution < 1.29 is 19.2 Å². The maximum Gasteiger partial charge on any atom is 0.338 e. The van der Waals surface area contributed by atoms with Crippen LogP contribution in [0.3, 0.4) is 0 Å². The van der Waals surface area contributed by atoms with Crippen molar-refractivity contribution in [1.82, 2.24) is 0 Å². The molecule has 0 spiro atoms. The lowest BCUT2D eigenvalue weighted by Gasteiger charge is -2.25. The average Bonchev–Trinajstić information content (AvgIpc) is 2.61. The molecular weight excluding hydrogens is 328 g/mol. The Bertz CT molecular complexity index is 784. The minimum absolute atomic E-state index is 0.0168. The molecule has 5 nitrogen and oxygen atoms in total. The van der Waals surface area contributed by atoms with E-state index in [1.165, 1.54) is 16.0 Å². The molecule has 0 aliphatic carbocycles. The van der Waals surface area contributed by atoms with Crippen LogP contribution in [0.25, 0.3) is 0 Å². The standard InChI is InChI=1S/C21H24N2O3/c1-15(2)26-21(25)17-7-9-19(10-8-17)22-20(24)14-23-12-11-16-5-3-4-6-18(16)13-23/h3-10,15H,11-14H2,1-2H3,(H,22,24)/p+1. The zero-order valence-corrected chi connectivity index (χ0v) is 15.2. The molecule has 0 radical (unpaired) electrons. The molecule has 1 unspecified atom stereocenters. The fraction of sp³-hybridized carbons (Fsp3) is 0.333. The van der Waals surface area contributed by atoms with Crippen LogP contribution in [0.15, 0.2) is 48.5 Å². The van der Waals surface area contributed by atoms with Crippen LogP contribution >= 0.6 is 0 Å². The van der Waals surface area contributed by atoms with Crippen molar-refractivity contribution in [2.75, 3.05) is 18.4 Å². The predicted octanol–water partition coefficient (Wildman–Crippen LogP) is 1.83. The van der Waals surface area contributed by atoms with Crippen molar-refractivity contribution in [3.8, 4) is 0 Å². The molecule has 5 heteroatoms. The lowest BCUT2D eigenvalue weighted by atomic mass is 10.00. The van der Waals surface area contributed by atoms with Gasteiger partial charge in [-0.25, -0.2) is 4.79 Å². The van der Waals surface area contributed by atoms with E-state index in [1.807, 2.05) is 19.9 Å². The summed E-state index contributed by atoms with van der Waals surface area (Å²) < 4.78 is 5.16. The van der Waals surface area contributed by atoms with Crippen molar-refractivity contribution in [2.45, 2.75) is 32.9 Å². The number of anilines is 1. The highest BCUT2D eigenvalue weighted by molar-refractivity contribution is 5.93. The minimum Gasteiger partial charge on any atom is -0.459 e. The number of esters is 1. The smallest absolute Gasteiger partial charge is 0.338 e. The molecular formula is C21H25N2O3+. The first kappa shape index (κ1) is 18.1. The number of carbonyl (C=O) groups is 2. The number of benzene rings is 2. The Hall–Kier alpha value is -2.66. The van der Waals surface area contributed by atoms with Crippen LogP contribution in [0.2, 0.25) is 0 Å². The van der Waals surface area contributed by atoms with Crippen molar-refractivity contribution in [2.24, 2.45) is 0 Å². The third kappa shape index (κ3) is 4.70. The Morgan fingerprint density at radius 3 is 2.46 bits per heavy atom. The first-order valence-electron chi connectivity index (χ1n) is 9.02. The molecule has 0 aromatic heterocycles. The first-order valence-corrected chi connectivity index (χ1v) is 9.02. The summed E-state index contributed by atoms with van der Waals surface area (Å²) in [5.74, 6) is -0.369. The Kier molecular flexibility index (Phi) is 5.68. The number of nitrogens with one attached hydrogen (secondary N) is 2. The van der Waals surface area contributed by atoms with Gasteiger partial charge in [0, 0.05) is 17.7 Å². The SMILES string of the molecule is CC(C)OC(=O)c1ccc(NC(=O)C[NH+]2CCc3ccccc3C2)cc1. The normalized spacial score (nSPS) is 16.0. The van der Waals surface area contributed by atoms with E-state index >= 15 is 0 Å². The Labute approximate surface area is 154 Å². The van der Waals surface area contributed by atoms with Gasteiger partial charge < -0.3 is 15.0 Å². The Balaban J connectivity index is 1.53. The number of quaternary nitrogens is 1. The minimum atomic E-state index is -0.352. The zero-order chi connectivity index (χ0) is 18.5. The molecule has 2 N–H and O–H groups in total. The van der Waals surface area contributed by atoms with Gasteiger partial charge in [-0.05, 0) is 43.7 Å². The van der Waals surface area contributed by atoms with Crippen molar-refractivity contribution in [1.29, 1.82) is 0 Å². The summed E-state index contributed by atoms with van der Waals surface area (Å²) in [4.78, 5) is 25.4. The predicted molar refractivity (Wildman–Crippen MR) is 100 cm³/mol. The monoisotopic (exact) mass is 353 g/mol. The topological polar surface area (TPSA) is 59.8 Å². The summed E-state index contributed by atoms with van der Waals surface area (Å²) in [5.41, 5.74) is 3.89. The average molecular weight is 353 g/mol. The maximum atomic E-state index is 12.3.